The Morgan fingerprint density at radius 2 is 1.05 bits per heavy atom. The lowest BCUT2D eigenvalue weighted by Gasteiger charge is -2.22. The van der Waals surface area contributed by atoms with Gasteiger partial charge in [-0.1, -0.05) is 78.9 Å². The fourth-order valence-electron chi connectivity index (χ4n) is 5.54. The lowest BCUT2D eigenvalue weighted by molar-refractivity contribution is 0.0514. The minimum Gasteiger partial charge on any atom is -0.507 e. The van der Waals surface area contributed by atoms with Crippen molar-refractivity contribution in [3.63, 3.8) is 0 Å². The van der Waals surface area contributed by atoms with E-state index in [0.717, 1.165) is 0 Å². The summed E-state index contributed by atoms with van der Waals surface area (Å²) in [5.41, 5.74) is 3.55. The SMILES string of the molecule is CCOC(=O)c1c2cccccc-2c(C(c2ccccc2OC)c2c3cccccc-3c(C(=O)OCC)c2O)c1O. The predicted molar refractivity (Wildman–Crippen MR) is 155 cm³/mol. The summed E-state index contributed by atoms with van der Waals surface area (Å²) < 4.78 is 16.4. The molecule has 0 amide bonds. The molecule has 0 fully saturated rings. The normalized spacial score (nSPS) is 11.1. The second-order valence-corrected chi connectivity index (χ2v) is 9.37. The maximum Gasteiger partial charge on any atom is 0.342 e. The van der Waals surface area contributed by atoms with Gasteiger partial charge in [-0.05, 0) is 31.0 Å². The second-order valence-electron chi connectivity index (χ2n) is 9.37. The first-order valence-electron chi connectivity index (χ1n) is 13.4. The van der Waals surface area contributed by atoms with Crippen LogP contribution in [0, 0.1) is 0 Å². The van der Waals surface area contributed by atoms with E-state index in [-0.39, 0.29) is 35.8 Å². The lowest BCUT2D eigenvalue weighted by atomic mass is 9.82. The topological polar surface area (TPSA) is 102 Å². The molecule has 1 aromatic rings. The van der Waals surface area contributed by atoms with Crippen molar-refractivity contribution in [1.29, 1.82) is 0 Å². The van der Waals surface area contributed by atoms with Crippen molar-refractivity contribution >= 4 is 11.9 Å². The Morgan fingerprint density at radius 1 is 0.634 bits per heavy atom. The van der Waals surface area contributed by atoms with Crippen LogP contribution in [-0.4, -0.2) is 42.5 Å². The van der Waals surface area contributed by atoms with Gasteiger partial charge in [0.05, 0.1) is 20.3 Å². The molecule has 0 aliphatic heterocycles. The van der Waals surface area contributed by atoms with Gasteiger partial charge in [0.1, 0.15) is 28.4 Å². The number of hydrogen-bond acceptors (Lipinski definition) is 7. The van der Waals surface area contributed by atoms with Crippen LogP contribution in [0.15, 0.2) is 84.9 Å². The monoisotopic (exact) mass is 550 g/mol. The predicted octanol–water partition coefficient (Wildman–Crippen LogP) is 6.85. The number of aromatic hydroxyl groups is 2. The minimum absolute atomic E-state index is 0.0273. The number of ether oxygens (including phenoxy) is 3. The zero-order chi connectivity index (χ0) is 29.1. The zero-order valence-corrected chi connectivity index (χ0v) is 23.0. The largest absolute Gasteiger partial charge is 0.507 e. The number of para-hydroxylation sites is 1. The van der Waals surface area contributed by atoms with E-state index >= 15 is 0 Å². The highest BCUT2D eigenvalue weighted by molar-refractivity contribution is 6.06. The molecule has 41 heavy (non-hydrogen) atoms. The maximum atomic E-state index is 13.2. The van der Waals surface area contributed by atoms with E-state index < -0.39 is 17.9 Å². The van der Waals surface area contributed by atoms with Crippen molar-refractivity contribution in [1.82, 2.24) is 0 Å². The second kappa shape index (κ2) is 11.6. The van der Waals surface area contributed by atoms with Gasteiger partial charge < -0.3 is 24.4 Å². The first-order valence-corrected chi connectivity index (χ1v) is 13.4. The highest BCUT2D eigenvalue weighted by Crippen LogP contribution is 2.56. The lowest BCUT2D eigenvalue weighted by Crippen LogP contribution is -2.07. The third-order valence-corrected chi connectivity index (χ3v) is 7.17. The molecule has 1 aromatic carbocycles. The molecule has 0 aromatic heterocycles. The molecular formula is C34H30O7. The molecule has 4 aliphatic rings. The first-order chi connectivity index (χ1) is 19.9. The van der Waals surface area contributed by atoms with Gasteiger partial charge in [-0.15, -0.1) is 0 Å². The Labute approximate surface area is 238 Å². The Morgan fingerprint density at radius 3 is 1.49 bits per heavy atom. The van der Waals surface area contributed by atoms with Crippen LogP contribution in [0.4, 0.5) is 0 Å². The van der Waals surface area contributed by atoms with Crippen molar-refractivity contribution < 1.29 is 34.0 Å². The Bertz CT molecular complexity index is 1570. The summed E-state index contributed by atoms with van der Waals surface area (Å²) >= 11 is 0. The highest BCUT2D eigenvalue weighted by atomic mass is 16.5. The van der Waals surface area contributed by atoms with Crippen LogP contribution in [0.2, 0.25) is 0 Å². The van der Waals surface area contributed by atoms with Crippen LogP contribution in [0.25, 0.3) is 22.3 Å². The summed E-state index contributed by atoms with van der Waals surface area (Å²) in [6, 6.07) is 25.2. The molecule has 0 heterocycles. The summed E-state index contributed by atoms with van der Waals surface area (Å²) in [6.45, 7) is 3.65. The van der Waals surface area contributed by atoms with Crippen LogP contribution >= 0.6 is 0 Å². The Kier molecular flexibility index (Phi) is 7.79. The summed E-state index contributed by atoms with van der Waals surface area (Å²) in [5, 5.41) is 23.7. The average Bonchev–Trinajstić information content (AvgIpc) is 3.16. The van der Waals surface area contributed by atoms with E-state index in [9.17, 15) is 19.8 Å². The number of esters is 2. The van der Waals surface area contributed by atoms with Gasteiger partial charge in [-0.3, -0.25) is 0 Å². The summed E-state index contributed by atoms with van der Waals surface area (Å²) in [4.78, 5) is 26.4. The minimum atomic E-state index is -0.868. The van der Waals surface area contributed by atoms with Gasteiger partial charge in [-0.2, -0.15) is 0 Å². The van der Waals surface area contributed by atoms with Crippen molar-refractivity contribution in [2.24, 2.45) is 0 Å². The van der Waals surface area contributed by atoms with Gasteiger partial charge in [0, 0.05) is 33.7 Å². The summed E-state index contributed by atoms with van der Waals surface area (Å²) in [6.07, 6.45) is 0. The molecule has 7 nitrogen and oxygen atoms in total. The van der Waals surface area contributed by atoms with Crippen molar-refractivity contribution in [3.05, 3.63) is 113 Å². The molecule has 0 atom stereocenters. The number of carbonyl (C=O) groups excluding carboxylic acids is 2. The fourth-order valence-corrected chi connectivity index (χ4v) is 5.54. The molecular weight excluding hydrogens is 520 g/mol. The summed E-state index contributed by atoms with van der Waals surface area (Å²) in [5.74, 6) is -2.24. The van der Waals surface area contributed by atoms with Crippen LogP contribution < -0.4 is 4.74 Å². The smallest absolute Gasteiger partial charge is 0.342 e. The number of hydrogen-bond donors (Lipinski definition) is 2. The van der Waals surface area contributed by atoms with E-state index in [1.807, 2.05) is 54.6 Å². The number of methoxy groups -OCH3 is 1. The number of benzene rings is 1. The molecule has 0 unspecified atom stereocenters. The number of rotatable bonds is 8. The van der Waals surface area contributed by atoms with E-state index in [1.165, 1.54) is 7.11 Å². The van der Waals surface area contributed by atoms with Gasteiger partial charge in [0.2, 0.25) is 0 Å². The van der Waals surface area contributed by atoms with E-state index in [1.54, 1.807) is 44.2 Å². The molecule has 0 saturated heterocycles. The van der Waals surface area contributed by atoms with Crippen molar-refractivity contribution in [2.45, 2.75) is 19.8 Å². The molecule has 0 saturated carbocycles. The Hall–Kier alpha value is -5.04. The standard InChI is InChI=1S/C34H30O7/c1-4-40-33(37)29-22-16-10-6-8-14-20(22)27(31(29)35)26(24-18-12-13-19-25(24)39-3)28-21-15-9-7-11-17-23(21)30(32(28)36)34(38)41-5-2/h6-19,26,35-36H,4-5H2,1-3H3. The van der Waals surface area contributed by atoms with Gasteiger partial charge in [-0.25, -0.2) is 9.59 Å². The molecule has 4 aliphatic carbocycles. The quantitative estimate of drug-likeness (QED) is 0.204. The third kappa shape index (κ3) is 4.69. The van der Waals surface area contributed by atoms with Gasteiger partial charge in [0.15, 0.2) is 0 Å². The molecule has 0 bridgehead atoms. The number of carbonyl (C=O) groups is 2. The first kappa shape index (κ1) is 27.5. The molecule has 2 N–H and O–H groups in total. The molecule has 7 heteroatoms. The van der Waals surface area contributed by atoms with E-state index in [0.29, 0.717) is 44.7 Å². The number of fused-ring (bicyclic) bond motifs is 2. The van der Waals surface area contributed by atoms with E-state index in [2.05, 4.69) is 0 Å². The van der Waals surface area contributed by atoms with Crippen LogP contribution in [-0.2, 0) is 9.47 Å². The summed E-state index contributed by atoms with van der Waals surface area (Å²) in [7, 11) is 1.54. The van der Waals surface area contributed by atoms with E-state index in [4.69, 9.17) is 14.2 Å². The zero-order valence-electron chi connectivity index (χ0n) is 23.0. The average molecular weight is 551 g/mol. The van der Waals surface area contributed by atoms with Crippen LogP contribution in [0.3, 0.4) is 0 Å². The Balaban J connectivity index is 1.94. The third-order valence-electron chi connectivity index (χ3n) is 7.17. The maximum absolute atomic E-state index is 13.2. The molecule has 5 rings (SSSR count). The van der Waals surface area contributed by atoms with Crippen LogP contribution in [0.5, 0.6) is 17.2 Å². The molecule has 0 spiro atoms. The molecule has 208 valence electrons. The van der Waals surface area contributed by atoms with Crippen molar-refractivity contribution in [2.75, 3.05) is 20.3 Å². The van der Waals surface area contributed by atoms with Gasteiger partial charge in [0.25, 0.3) is 0 Å². The van der Waals surface area contributed by atoms with Crippen LogP contribution in [0.1, 0.15) is 57.2 Å². The highest BCUT2D eigenvalue weighted by Gasteiger charge is 2.39. The van der Waals surface area contributed by atoms with Gasteiger partial charge >= 0.3 is 11.9 Å². The fraction of sp³-hybridized carbons (Fsp3) is 0.176. The van der Waals surface area contributed by atoms with Crippen molar-refractivity contribution in [3.8, 4) is 39.5 Å². The molecule has 0 radical (unpaired) electrons.